The Morgan fingerprint density at radius 3 is 2.92 bits per heavy atom. The molecule has 1 aromatic heterocycles. The van der Waals surface area contributed by atoms with E-state index in [1.165, 1.54) is 5.56 Å². The number of thiazole rings is 1. The van der Waals surface area contributed by atoms with Gasteiger partial charge in [-0.3, -0.25) is 4.79 Å². The number of para-hydroxylation sites is 1. The van der Waals surface area contributed by atoms with Gasteiger partial charge in [0, 0.05) is 23.2 Å². The van der Waals surface area contributed by atoms with E-state index in [-0.39, 0.29) is 5.91 Å². The molecule has 0 saturated heterocycles. The number of anilines is 2. The van der Waals surface area contributed by atoms with Crippen LogP contribution in [0.25, 0.3) is 11.3 Å². The standard InChI is InChI=1S/C20H18ClN3OS/c1-13-22-18(12-26-13)14-6-7-19-15(10-14)8-9-24(19)11-20(25)23-17-5-3-2-4-16(17)21/h2-7,10,12H,8-9,11H2,1H3,(H,23,25). The molecule has 26 heavy (non-hydrogen) atoms. The number of fused-ring (bicyclic) bond motifs is 1. The predicted molar refractivity (Wildman–Crippen MR) is 108 cm³/mol. The number of carbonyl (C=O) groups is 1. The Bertz CT molecular complexity index is 969. The highest BCUT2D eigenvalue weighted by molar-refractivity contribution is 7.09. The third-order valence-corrected chi connectivity index (χ3v) is 5.57. The van der Waals surface area contributed by atoms with E-state index in [2.05, 4.69) is 38.8 Å². The zero-order valence-corrected chi connectivity index (χ0v) is 15.9. The minimum absolute atomic E-state index is 0.0647. The summed E-state index contributed by atoms with van der Waals surface area (Å²) >= 11 is 7.77. The topological polar surface area (TPSA) is 45.2 Å². The molecule has 0 aliphatic carbocycles. The van der Waals surface area contributed by atoms with Crippen LogP contribution in [0.2, 0.25) is 5.02 Å². The van der Waals surface area contributed by atoms with Crippen LogP contribution in [0.4, 0.5) is 11.4 Å². The molecule has 0 radical (unpaired) electrons. The van der Waals surface area contributed by atoms with Crippen LogP contribution in [0.1, 0.15) is 10.6 Å². The van der Waals surface area contributed by atoms with Crippen molar-refractivity contribution in [3.63, 3.8) is 0 Å². The van der Waals surface area contributed by atoms with Gasteiger partial charge in [0.25, 0.3) is 0 Å². The lowest BCUT2D eigenvalue weighted by Gasteiger charge is -2.19. The summed E-state index contributed by atoms with van der Waals surface area (Å²) in [7, 11) is 0. The van der Waals surface area contributed by atoms with Crippen molar-refractivity contribution >= 4 is 40.2 Å². The number of hydrogen-bond donors (Lipinski definition) is 1. The van der Waals surface area contributed by atoms with Crippen LogP contribution in [0.3, 0.4) is 0 Å². The molecule has 4 nitrogen and oxygen atoms in total. The van der Waals surface area contributed by atoms with Crippen LogP contribution in [0.5, 0.6) is 0 Å². The fourth-order valence-corrected chi connectivity index (χ4v) is 4.02. The van der Waals surface area contributed by atoms with Crippen molar-refractivity contribution in [1.82, 2.24) is 4.98 Å². The molecule has 1 amide bonds. The quantitative estimate of drug-likeness (QED) is 0.705. The van der Waals surface area contributed by atoms with Crippen LogP contribution in [-0.2, 0) is 11.2 Å². The Morgan fingerprint density at radius 1 is 1.31 bits per heavy atom. The fraction of sp³-hybridized carbons (Fsp3) is 0.200. The maximum absolute atomic E-state index is 12.4. The van der Waals surface area contributed by atoms with Gasteiger partial charge in [-0.2, -0.15) is 0 Å². The lowest BCUT2D eigenvalue weighted by molar-refractivity contribution is -0.115. The molecule has 0 bridgehead atoms. The third-order valence-electron chi connectivity index (χ3n) is 4.47. The molecule has 0 saturated carbocycles. The minimum Gasteiger partial charge on any atom is -0.362 e. The first kappa shape index (κ1) is 17.1. The average Bonchev–Trinajstić information content (AvgIpc) is 3.23. The molecular formula is C20H18ClN3OS. The summed E-state index contributed by atoms with van der Waals surface area (Å²) in [5, 5.41) is 6.59. The number of nitrogens with zero attached hydrogens (tertiary/aromatic N) is 2. The van der Waals surface area contributed by atoms with Gasteiger partial charge in [-0.25, -0.2) is 4.98 Å². The van der Waals surface area contributed by atoms with Gasteiger partial charge in [0.05, 0.1) is 28.0 Å². The van der Waals surface area contributed by atoms with Crippen molar-refractivity contribution in [2.75, 3.05) is 23.3 Å². The molecule has 0 unspecified atom stereocenters. The van der Waals surface area contributed by atoms with Gasteiger partial charge in [-0.05, 0) is 43.2 Å². The molecule has 132 valence electrons. The molecule has 1 N–H and O–H groups in total. The maximum atomic E-state index is 12.4. The Hall–Kier alpha value is -2.37. The molecule has 3 aromatic rings. The number of aryl methyl sites for hydroxylation is 1. The number of aromatic nitrogens is 1. The van der Waals surface area contributed by atoms with Crippen molar-refractivity contribution in [2.24, 2.45) is 0 Å². The van der Waals surface area contributed by atoms with Gasteiger partial charge in [0.1, 0.15) is 0 Å². The maximum Gasteiger partial charge on any atom is 0.243 e. The lowest BCUT2D eigenvalue weighted by Crippen LogP contribution is -2.31. The second-order valence-electron chi connectivity index (χ2n) is 6.29. The van der Waals surface area contributed by atoms with Crippen LogP contribution in [0, 0.1) is 6.92 Å². The Balaban J connectivity index is 1.48. The van der Waals surface area contributed by atoms with E-state index in [1.807, 2.05) is 19.1 Å². The number of halogens is 1. The summed E-state index contributed by atoms with van der Waals surface area (Å²) < 4.78 is 0. The van der Waals surface area contributed by atoms with E-state index in [1.54, 1.807) is 23.5 Å². The predicted octanol–water partition coefficient (Wildman–Crippen LogP) is 4.77. The third kappa shape index (κ3) is 3.45. The number of carbonyl (C=O) groups excluding carboxylic acids is 1. The van der Waals surface area contributed by atoms with Gasteiger partial charge in [0.2, 0.25) is 5.91 Å². The number of benzene rings is 2. The molecule has 0 spiro atoms. The smallest absolute Gasteiger partial charge is 0.243 e. The molecule has 2 heterocycles. The summed E-state index contributed by atoms with van der Waals surface area (Å²) in [4.78, 5) is 19.1. The summed E-state index contributed by atoms with van der Waals surface area (Å²) in [6.45, 7) is 3.17. The van der Waals surface area contributed by atoms with Crippen LogP contribution >= 0.6 is 22.9 Å². The van der Waals surface area contributed by atoms with Crippen molar-refractivity contribution in [3.8, 4) is 11.3 Å². The molecule has 4 rings (SSSR count). The van der Waals surface area contributed by atoms with Crippen molar-refractivity contribution < 1.29 is 4.79 Å². The molecule has 2 aromatic carbocycles. The van der Waals surface area contributed by atoms with E-state index in [0.717, 1.165) is 34.9 Å². The van der Waals surface area contributed by atoms with Crippen molar-refractivity contribution in [1.29, 1.82) is 0 Å². The van der Waals surface area contributed by atoms with E-state index in [9.17, 15) is 4.79 Å². The Kier molecular flexibility index (Phi) is 4.66. The number of amides is 1. The minimum atomic E-state index is -0.0647. The summed E-state index contributed by atoms with van der Waals surface area (Å²) in [5.41, 5.74) is 5.18. The van der Waals surface area contributed by atoms with Gasteiger partial charge >= 0.3 is 0 Å². The molecule has 0 atom stereocenters. The van der Waals surface area contributed by atoms with E-state index >= 15 is 0 Å². The highest BCUT2D eigenvalue weighted by Crippen LogP contribution is 2.32. The highest BCUT2D eigenvalue weighted by Gasteiger charge is 2.22. The number of rotatable bonds is 4. The number of nitrogens with one attached hydrogen (secondary N) is 1. The second kappa shape index (κ2) is 7.09. The average molecular weight is 384 g/mol. The molecule has 6 heteroatoms. The van der Waals surface area contributed by atoms with E-state index < -0.39 is 0 Å². The summed E-state index contributed by atoms with van der Waals surface area (Å²) in [6, 6.07) is 13.6. The van der Waals surface area contributed by atoms with Crippen LogP contribution in [0.15, 0.2) is 47.8 Å². The molecule has 0 fully saturated rings. The normalized spacial score (nSPS) is 12.9. The first-order valence-corrected chi connectivity index (χ1v) is 9.70. The van der Waals surface area contributed by atoms with Crippen molar-refractivity contribution in [2.45, 2.75) is 13.3 Å². The Labute approximate surface area is 161 Å². The summed E-state index contributed by atoms with van der Waals surface area (Å²) in [6.07, 6.45) is 0.936. The zero-order valence-electron chi connectivity index (χ0n) is 14.3. The second-order valence-corrected chi connectivity index (χ2v) is 7.76. The first-order valence-electron chi connectivity index (χ1n) is 8.45. The fourth-order valence-electron chi connectivity index (χ4n) is 3.22. The van der Waals surface area contributed by atoms with Gasteiger partial charge in [-0.15, -0.1) is 11.3 Å². The molecule has 1 aliphatic rings. The first-order chi connectivity index (χ1) is 12.6. The zero-order chi connectivity index (χ0) is 18.1. The largest absolute Gasteiger partial charge is 0.362 e. The molecule has 1 aliphatic heterocycles. The SMILES string of the molecule is Cc1nc(-c2ccc3c(c2)CCN3CC(=O)Nc2ccccc2Cl)cs1. The van der Waals surface area contributed by atoms with Gasteiger partial charge < -0.3 is 10.2 Å². The van der Waals surface area contributed by atoms with Crippen LogP contribution < -0.4 is 10.2 Å². The van der Waals surface area contributed by atoms with E-state index in [4.69, 9.17) is 11.6 Å². The van der Waals surface area contributed by atoms with Gasteiger partial charge in [0.15, 0.2) is 0 Å². The van der Waals surface area contributed by atoms with E-state index in [0.29, 0.717) is 17.3 Å². The Morgan fingerprint density at radius 2 is 2.15 bits per heavy atom. The van der Waals surface area contributed by atoms with Gasteiger partial charge in [-0.1, -0.05) is 29.8 Å². The summed E-state index contributed by atoms with van der Waals surface area (Å²) in [5.74, 6) is -0.0647. The van der Waals surface area contributed by atoms with Crippen molar-refractivity contribution in [3.05, 3.63) is 63.4 Å². The highest BCUT2D eigenvalue weighted by atomic mass is 35.5. The molecular weight excluding hydrogens is 366 g/mol. The van der Waals surface area contributed by atoms with Crippen LogP contribution in [-0.4, -0.2) is 24.0 Å². The monoisotopic (exact) mass is 383 g/mol. The lowest BCUT2D eigenvalue weighted by atomic mass is 10.1. The number of hydrogen-bond acceptors (Lipinski definition) is 4.